The predicted octanol–water partition coefficient (Wildman–Crippen LogP) is 1.96. The fourth-order valence-electron chi connectivity index (χ4n) is 1.04. The zero-order valence-electron chi connectivity index (χ0n) is 9.10. The molecule has 0 saturated carbocycles. The summed E-state index contributed by atoms with van der Waals surface area (Å²) in [4.78, 5) is 0. The molecule has 0 aromatic carbocycles. The van der Waals surface area contributed by atoms with Gasteiger partial charge in [-0.25, -0.2) is 5.01 Å². The summed E-state index contributed by atoms with van der Waals surface area (Å²) in [5.41, 5.74) is 5.33. The van der Waals surface area contributed by atoms with Gasteiger partial charge in [0, 0.05) is 0 Å². The van der Waals surface area contributed by atoms with Crippen LogP contribution in [0, 0.1) is 0 Å². The van der Waals surface area contributed by atoms with Crippen LogP contribution in [0.3, 0.4) is 0 Å². The molecule has 0 unspecified atom stereocenters. The van der Waals surface area contributed by atoms with E-state index < -0.39 is 0 Å². The van der Waals surface area contributed by atoms with Crippen molar-refractivity contribution in [3.63, 3.8) is 0 Å². The molecule has 0 aliphatic rings. The van der Waals surface area contributed by atoms with Gasteiger partial charge in [-0.05, 0) is 45.1 Å². The van der Waals surface area contributed by atoms with Gasteiger partial charge in [0.25, 0.3) is 0 Å². The van der Waals surface area contributed by atoms with Crippen molar-refractivity contribution < 1.29 is 4.42 Å². The summed E-state index contributed by atoms with van der Waals surface area (Å²) in [6, 6.07) is 3.60. The van der Waals surface area contributed by atoms with Gasteiger partial charge in [0.15, 0.2) is 5.11 Å². The van der Waals surface area contributed by atoms with Crippen LogP contribution < -0.4 is 5.73 Å². The molecule has 0 spiro atoms. The molecule has 0 aliphatic heterocycles. The van der Waals surface area contributed by atoms with Crippen molar-refractivity contribution in [2.45, 2.75) is 26.3 Å². The van der Waals surface area contributed by atoms with Crippen LogP contribution in [0.25, 0.3) is 0 Å². The van der Waals surface area contributed by atoms with E-state index in [0.29, 0.717) is 5.76 Å². The molecule has 0 atom stereocenters. The Bertz CT molecular complexity index is 351. The first-order valence-corrected chi connectivity index (χ1v) is 4.99. The van der Waals surface area contributed by atoms with Gasteiger partial charge in [-0.15, -0.1) is 0 Å². The lowest BCUT2D eigenvalue weighted by molar-refractivity contribution is 0.249. The molecule has 1 aromatic heterocycles. The number of hydrogen-bond donors (Lipinski definition) is 1. The molecule has 15 heavy (non-hydrogen) atoms. The summed E-state index contributed by atoms with van der Waals surface area (Å²) >= 11 is 4.92. The SMILES string of the molecule is CC(C)(C)N(/N=C/c1ccco1)C(N)=S. The van der Waals surface area contributed by atoms with Crippen molar-refractivity contribution in [3.8, 4) is 0 Å². The monoisotopic (exact) mass is 225 g/mol. The Hall–Kier alpha value is -1.36. The van der Waals surface area contributed by atoms with E-state index in [0.717, 1.165) is 0 Å². The van der Waals surface area contributed by atoms with Crippen molar-refractivity contribution in [2.24, 2.45) is 10.8 Å². The Labute approximate surface area is 94.7 Å². The average molecular weight is 225 g/mol. The molecular formula is C10H15N3OS. The van der Waals surface area contributed by atoms with Crippen LogP contribution in [0.4, 0.5) is 0 Å². The number of hydrazone groups is 1. The third-order valence-corrected chi connectivity index (χ3v) is 1.86. The maximum Gasteiger partial charge on any atom is 0.187 e. The van der Waals surface area contributed by atoms with Gasteiger partial charge < -0.3 is 10.2 Å². The zero-order valence-corrected chi connectivity index (χ0v) is 9.91. The van der Waals surface area contributed by atoms with Crippen LogP contribution in [0.15, 0.2) is 27.9 Å². The highest BCUT2D eigenvalue weighted by Gasteiger charge is 2.21. The van der Waals surface area contributed by atoms with Gasteiger partial charge in [0.2, 0.25) is 0 Å². The molecule has 82 valence electrons. The third kappa shape index (κ3) is 3.36. The molecule has 0 bridgehead atoms. The second kappa shape index (κ2) is 4.44. The lowest BCUT2D eigenvalue weighted by atomic mass is 10.1. The standard InChI is InChI=1S/C10H15N3OS/c1-10(2,3)13(9(11)15)12-7-8-5-4-6-14-8/h4-7H,1-3H3,(H2,11,15)/b12-7+. The highest BCUT2D eigenvalue weighted by atomic mass is 32.1. The second-order valence-corrected chi connectivity index (χ2v) is 4.50. The topological polar surface area (TPSA) is 54.8 Å². The largest absolute Gasteiger partial charge is 0.463 e. The van der Waals surface area contributed by atoms with Crippen molar-refractivity contribution in [3.05, 3.63) is 24.2 Å². The summed E-state index contributed by atoms with van der Waals surface area (Å²) in [7, 11) is 0. The minimum atomic E-state index is -0.241. The minimum Gasteiger partial charge on any atom is -0.463 e. The lowest BCUT2D eigenvalue weighted by Gasteiger charge is -2.30. The molecular weight excluding hydrogens is 210 g/mol. The summed E-state index contributed by atoms with van der Waals surface area (Å²) in [5, 5.41) is 6.00. The van der Waals surface area contributed by atoms with Crippen molar-refractivity contribution >= 4 is 23.5 Å². The first kappa shape index (κ1) is 11.7. The quantitative estimate of drug-likeness (QED) is 0.475. The summed E-state index contributed by atoms with van der Waals surface area (Å²) in [5.74, 6) is 0.667. The highest BCUT2D eigenvalue weighted by Crippen LogP contribution is 2.13. The summed E-state index contributed by atoms with van der Waals surface area (Å²) in [6.45, 7) is 5.93. The van der Waals surface area contributed by atoms with E-state index in [1.807, 2.05) is 26.8 Å². The maximum absolute atomic E-state index is 5.58. The van der Waals surface area contributed by atoms with Gasteiger partial charge in [-0.3, -0.25) is 0 Å². The number of rotatable bonds is 2. The maximum atomic E-state index is 5.58. The van der Waals surface area contributed by atoms with E-state index in [1.165, 1.54) is 0 Å². The summed E-state index contributed by atoms with van der Waals surface area (Å²) in [6.07, 6.45) is 3.17. The highest BCUT2D eigenvalue weighted by molar-refractivity contribution is 7.80. The Balaban J connectivity index is 2.81. The number of nitrogens with zero attached hydrogens (tertiary/aromatic N) is 2. The smallest absolute Gasteiger partial charge is 0.187 e. The van der Waals surface area contributed by atoms with E-state index in [-0.39, 0.29) is 10.7 Å². The van der Waals surface area contributed by atoms with Gasteiger partial charge >= 0.3 is 0 Å². The fourth-order valence-corrected chi connectivity index (χ4v) is 1.36. The van der Waals surface area contributed by atoms with Crippen LogP contribution in [-0.4, -0.2) is 21.9 Å². The molecule has 0 amide bonds. The molecule has 0 radical (unpaired) electrons. The lowest BCUT2D eigenvalue weighted by Crippen LogP contribution is -2.44. The number of hydrogen-bond acceptors (Lipinski definition) is 3. The number of thiocarbonyl (C=S) groups is 1. The van der Waals surface area contributed by atoms with Crippen molar-refractivity contribution in [2.75, 3.05) is 0 Å². The number of furan rings is 1. The Morgan fingerprint density at radius 3 is 2.67 bits per heavy atom. The van der Waals surface area contributed by atoms with Crippen LogP contribution in [0.5, 0.6) is 0 Å². The van der Waals surface area contributed by atoms with Crippen LogP contribution >= 0.6 is 12.2 Å². The molecule has 0 aliphatic carbocycles. The van der Waals surface area contributed by atoms with E-state index in [2.05, 4.69) is 5.10 Å². The third-order valence-electron chi connectivity index (χ3n) is 1.69. The normalized spacial score (nSPS) is 11.9. The average Bonchev–Trinajstić information content (AvgIpc) is 2.53. The Morgan fingerprint density at radius 2 is 2.27 bits per heavy atom. The molecule has 0 saturated heterocycles. The predicted molar refractivity (Wildman–Crippen MR) is 64.7 cm³/mol. The van der Waals surface area contributed by atoms with E-state index in [9.17, 15) is 0 Å². The number of nitrogens with two attached hydrogens (primary N) is 1. The van der Waals surface area contributed by atoms with Crippen LogP contribution in [0.2, 0.25) is 0 Å². The van der Waals surface area contributed by atoms with Gasteiger partial charge in [0.05, 0.1) is 18.0 Å². The van der Waals surface area contributed by atoms with E-state index in [4.69, 9.17) is 22.4 Å². The van der Waals surface area contributed by atoms with Gasteiger partial charge in [0.1, 0.15) is 5.76 Å². The molecule has 2 N–H and O–H groups in total. The molecule has 1 rings (SSSR count). The van der Waals surface area contributed by atoms with Crippen molar-refractivity contribution in [1.82, 2.24) is 5.01 Å². The molecule has 4 nitrogen and oxygen atoms in total. The molecule has 5 heteroatoms. The first-order valence-electron chi connectivity index (χ1n) is 4.58. The van der Waals surface area contributed by atoms with Crippen molar-refractivity contribution in [1.29, 1.82) is 0 Å². The van der Waals surface area contributed by atoms with Gasteiger partial charge in [-0.1, -0.05) is 0 Å². The summed E-state index contributed by atoms with van der Waals surface area (Å²) < 4.78 is 5.12. The van der Waals surface area contributed by atoms with E-state index in [1.54, 1.807) is 23.6 Å². The molecule has 0 fully saturated rings. The van der Waals surface area contributed by atoms with Gasteiger partial charge in [-0.2, -0.15) is 5.10 Å². The first-order chi connectivity index (χ1) is 6.91. The minimum absolute atomic E-state index is 0.241. The second-order valence-electron chi connectivity index (χ2n) is 4.08. The fraction of sp³-hybridized carbons (Fsp3) is 0.400. The Kier molecular flexibility index (Phi) is 3.47. The van der Waals surface area contributed by atoms with Crippen LogP contribution in [-0.2, 0) is 0 Å². The molecule has 1 heterocycles. The Morgan fingerprint density at radius 1 is 1.60 bits per heavy atom. The van der Waals surface area contributed by atoms with E-state index >= 15 is 0 Å². The zero-order chi connectivity index (χ0) is 11.5. The van der Waals surface area contributed by atoms with Crippen LogP contribution in [0.1, 0.15) is 26.5 Å². The molecule has 1 aromatic rings.